The molecule has 3 atom stereocenters. The van der Waals surface area contributed by atoms with Crippen LogP contribution in [0, 0.1) is 5.92 Å². The number of carbonyl (C=O) groups excluding carboxylic acids is 3. The van der Waals surface area contributed by atoms with E-state index in [9.17, 15) is 24.3 Å². The van der Waals surface area contributed by atoms with Gasteiger partial charge in [-0.25, -0.2) is 24.3 Å². The van der Waals surface area contributed by atoms with E-state index in [2.05, 4.69) is 15.6 Å². The summed E-state index contributed by atoms with van der Waals surface area (Å²) in [5, 5.41) is 16.2. The number of β-lactam (4-membered cyclic amide) rings is 1. The second kappa shape index (κ2) is 11.5. The number of aromatic nitrogens is 1. The van der Waals surface area contributed by atoms with Gasteiger partial charge < -0.3 is 15.2 Å². The van der Waals surface area contributed by atoms with Gasteiger partial charge in [0.2, 0.25) is 5.91 Å². The van der Waals surface area contributed by atoms with E-state index in [1.807, 2.05) is 36.4 Å². The number of hydrogen-bond acceptors (Lipinski definition) is 7. The molecular weight excluding hydrogens is 532 g/mol. The molecule has 4 amide bonds. The quantitative estimate of drug-likeness (QED) is 0.326. The molecule has 3 aromatic rings. The van der Waals surface area contributed by atoms with Crippen LogP contribution in [0.15, 0.2) is 66.9 Å². The molecule has 1 aliphatic heterocycles. The molecule has 1 aromatic heterocycles. The minimum Gasteiger partial charge on any atom is -0.479 e. The average molecular weight is 565 g/mol. The number of hydrogen-bond donors (Lipinski definition) is 3. The first kappa shape index (κ1) is 28.8. The molecule has 210 valence electrons. The van der Waals surface area contributed by atoms with Crippen molar-refractivity contribution in [1.82, 2.24) is 15.2 Å². The zero-order chi connectivity index (χ0) is 29.1. The van der Waals surface area contributed by atoms with E-state index in [4.69, 9.17) is 4.74 Å². The molecule has 2 aromatic carbocycles. The Morgan fingerprint density at radius 2 is 1.73 bits per heavy atom. The van der Waals surface area contributed by atoms with Crippen molar-refractivity contribution in [1.29, 1.82) is 0 Å². The highest BCUT2D eigenvalue weighted by Gasteiger charge is 2.67. The first-order valence-corrected chi connectivity index (χ1v) is 13.6. The smallest absolute Gasteiger partial charge is 0.413 e. The van der Waals surface area contributed by atoms with Crippen molar-refractivity contribution in [3.05, 3.63) is 82.9 Å². The van der Waals surface area contributed by atoms with Gasteiger partial charge in [0, 0.05) is 17.5 Å². The SMILES string of the molecule is C[C@@H](NC(=O)N1C(=O)[C@H](Cc2cnc(NC(=O)OC(C)(C)C)s2)[C@@]1(Cc1ccccc1)C(=O)O)c1ccccc1. The molecule has 0 saturated carbocycles. The third-order valence-electron chi connectivity index (χ3n) is 6.59. The van der Waals surface area contributed by atoms with Gasteiger partial charge in [-0.2, -0.15) is 0 Å². The second-order valence-electron chi connectivity index (χ2n) is 10.7. The minimum atomic E-state index is -1.82. The molecule has 1 fully saturated rings. The lowest BCUT2D eigenvalue weighted by atomic mass is 9.68. The van der Waals surface area contributed by atoms with Gasteiger partial charge in [-0.05, 0) is 45.2 Å². The maximum absolute atomic E-state index is 13.5. The molecule has 0 radical (unpaired) electrons. The Morgan fingerprint density at radius 1 is 1.10 bits per heavy atom. The third kappa shape index (κ3) is 6.15. The lowest BCUT2D eigenvalue weighted by Gasteiger charge is -2.53. The Balaban J connectivity index is 1.59. The number of imide groups is 1. The van der Waals surface area contributed by atoms with Gasteiger partial charge in [0.05, 0.1) is 12.0 Å². The summed E-state index contributed by atoms with van der Waals surface area (Å²) in [5.41, 5.74) is -1.02. The molecular formula is C29H32N4O6S. The highest BCUT2D eigenvalue weighted by atomic mass is 32.1. The molecule has 40 heavy (non-hydrogen) atoms. The van der Waals surface area contributed by atoms with E-state index < -0.39 is 47.1 Å². The first-order chi connectivity index (χ1) is 18.9. The summed E-state index contributed by atoms with van der Waals surface area (Å²) in [7, 11) is 0. The van der Waals surface area contributed by atoms with Crippen molar-refractivity contribution in [3.8, 4) is 0 Å². The second-order valence-corrected chi connectivity index (χ2v) is 11.8. The van der Waals surface area contributed by atoms with E-state index >= 15 is 0 Å². The van der Waals surface area contributed by atoms with Crippen molar-refractivity contribution >= 4 is 40.5 Å². The number of rotatable bonds is 8. The van der Waals surface area contributed by atoms with E-state index in [-0.39, 0.29) is 18.0 Å². The van der Waals surface area contributed by atoms with Crippen LogP contribution in [-0.4, -0.2) is 50.1 Å². The number of carbonyl (C=O) groups is 4. The molecule has 1 saturated heterocycles. The maximum Gasteiger partial charge on any atom is 0.413 e. The third-order valence-corrected chi connectivity index (χ3v) is 7.53. The number of urea groups is 1. The van der Waals surface area contributed by atoms with E-state index in [1.165, 1.54) is 6.20 Å². The standard InChI is InChI=1S/C29H32N4O6S/c1-18(20-13-9-6-10-14-20)31-26(37)33-23(34)22(29(33,24(35)36)16-19-11-7-5-8-12-19)15-21-17-30-25(40-21)32-27(38)39-28(2,3)4/h5-14,17-18,22H,15-16H2,1-4H3,(H,31,37)(H,35,36)(H,30,32,38)/t18-,22+,29+/m1/s1. The lowest BCUT2D eigenvalue weighted by molar-refractivity contribution is -0.180. The first-order valence-electron chi connectivity index (χ1n) is 12.8. The molecule has 0 spiro atoms. The molecule has 10 nitrogen and oxygen atoms in total. The molecule has 0 unspecified atom stereocenters. The summed E-state index contributed by atoms with van der Waals surface area (Å²) >= 11 is 1.12. The molecule has 1 aliphatic rings. The predicted octanol–water partition coefficient (Wildman–Crippen LogP) is 5.03. The summed E-state index contributed by atoms with van der Waals surface area (Å²) < 4.78 is 5.25. The fourth-order valence-corrected chi connectivity index (χ4v) is 5.58. The number of anilines is 1. The topological polar surface area (TPSA) is 138 Å². The fourth-order valence-electron chi connectivity index (χ4n) is 4.74. The largest absolute Gasteiger partial charge is 0.479 e. The number of ether oxygens (including phenoxy) is 1. The van der Waals surface area contributed by atoms with Crippen LogP contribution in [0.25, 0.3) is 0 Å². The number of thiazole rings is 1. The van der Waals surface area contributed by atoms with Gasteiger partial charge in [-0.15, -0.1) is 11.3 Å². The van der Waals surface area contributed by atoms with Crippen LogP contribution in [-0.2, 0) is 27.2 Å². The van der Waals surface area contributed by atoms with Crippen LogP contribution in [0.3, 0.4) is 0 Å². The number of amides is 4. The predicted molar refractivity (Wildman–Crippen MR) is 150 cm³/mol. The van der Waals surface area contributed by atoms with Crippen molar-refractivity contribution < 1.29 is 29.0 Å². The van der Waals surface area contributed by atoms with Gasteiger partial charge in [0.1, 0.15) is 5.60 Å². The molecule has 4 rings (SSSR count). The van der Waals surface area contributed by atoms with Crippen molar-refractivity contribution in [2.45, 2.75) is 57.7 Å². The van der Waals surface area contributed by atoms with E-state index in [0.717, 1.165) is 21.8 Å². The Kier molecular flexibility index (Phi) is 8.24. The van der Waals surface area contributed by atoms with Gasteiger partial charge in [-0.3, -0.25) is 10.1 Å². The minimum absolute atomic E-state index is 0.0314. The summed E-state index contributed by atoms with van der Waals surface area (Å²) in [4.78, 5) is 57.6. The molecule has 0 bridgehead atoms. The number of aliphatic carboxylic acids is 1. The number of carboxylic acid groups (broad SMARTS) is 1. The number of nitrogens with zero attached hydrogens (tertiary/aromatic N) is 2. The summed E-state index contributed by atoms with van der Waals surface area (Å²) in [6.07, 6.45) is 0.783. The molecule has 0 aliphatic carbocycles. The summed E-state index contributed by atoms with van der Waals surface area (Å²) in [6.45, 7) is 6.99. The molecule has 2 heterocycles. The Hall–Kier alpha value is -4.25. The Labute approximate surface area is 236 Å². The number of likely N-dealkylation sites (tertiary alicyclic amines) is 1. The highest BCUT2D eigenvalue weighted by Crippen LogP contribution is 2.44. The molecule has 3 N–H and O–H groups in total. The fraction of sp³-hybridized carbons (Fsp3) is 0.345. The zero-order valence-corrected chi connectivity index (χ0v) is 23.5. The van der Waals surface area contributed by atoms with Crippen LogP contribution < -0.4 is 10.6 Å². The van der Waals surface area contributed by atoms with Crippen LogP contribution in [0.5, 0.6) is 0 Å². The maximum atomic E-state index is 13.5. The van der Waals surface area contributed by atoms with Crippen LogP contribution in [0.2, 0.25) is 0 Å². The van der Waals surface area contributed by atoms with E-state index in [1.54, 1.807) is 52.0 Å². The van der Waals surface area contributed by atoms with Gasteiger partial charge >= 0.3 is 18.1 Å². The normalized spacial score (nSPS) is 19.4. The molecule has 11 heteroatoms. The number of nitrogens with one attached hydrogen (secondary N) is 2. The lowest BCUT2D eigenvalue weighted by Crippen LogP contribution is -2.78. The van der Waals surface area contributed by atoms with Crippen LogP contribution >= 0.6 is 11.3 Å². The highest BCUT2D eigenvalue weighted by molar-refractivity contribution is 7.15. The van der Waals surface area contributed by atoms with Crippen LogP contribution in [0.1, 0.15) is 49.7 Å². The van der Waals surface area contributed by atoms with Crippen molar-refractivity contribution in [2.75, 3.05) is 5.32 Å². The number of benzene rings is 2. The van der Waals surface area contributed by atoms with E-state index in [0.29, 0.717) is 10.4 Å². The van der Waals surface area contributed by atoms with Crippen molar-refractivity contribution in [2.24, 2.45) is 5.92 Å². The van der Waals surface area contributed by atoms with Gasteiger partial charge in [0.15, 0.2) is 10.7 Å². The van der Waals surface area contributed by atoms with Gasteiger partial charge in [0.25, 0.3) is 0 Å². The monoisotopic (exact) mass is 564 g/mol. The number of carboxylic acids is 1. The Morgan fingerprint density at radius 3 is 2.33 bits per heavy atom. The summed E-state index contributed by atoms with van der Waals surface area (Å²) in [6, 6.07) is 16.9. The summed E-state index contributed by atoms with van der Waals surface area (Å²) in [5.74, 6) is -2.90. The van der Waals surface area contributed by atoms with Gasteiger partial charge in [-0.1, -0.05) is 60.7 Å². The van der Waals surface area contributed by atoms with Crippen LogP contribution in [0.4, 0.5) is 14.7 Å². The zero-order valence-electron chi connectivity index (χ0n) is 22.7. The van der Waals surface area contributed by atoms with Crippen molar-refractivity contribution in [3.63, 3.8) is 0 Å². The average Bonchev–Trinajstić information content (AvgIpc) is 3.33. The Bertz CT molecular complexity index is 1390.